The SMILES string of the molecule is CS(=O)(=O)c1ccc(CC2CC3(C2)CN(C(=O)N2CC4(CC(c5n[nH]c(C6CC6)n5)C4)C2)C3)cc1C(F)(F)F. The van der Waals surface area contributed by atoms with Crippen LogP contribution in [-0.2, 0) is 22.4 Å². The van der Waals surface area contributed by atoms with Gasteiger partial charge in [0, 0.05) is 55.1 Å². The van der Waals surface area contributed by atoms with E-state index in [1.807, 2.05) is 9.80 Å². The fourth-order valence-electron chi connectivity index (χ4n) is 7.58. The Hall–Kier alpha value is -2.63. The second-order valence-corrected chi connectivity index (χ2v) is 15.0. The third-order valence-electron chi connectivity index (χ3n) is 9.57. The first-order chi connectivity index (χ1) is 18.3. The Labute approximate surface area is 225 Å². The van der Waals surface area contributed by atoms with Crippen molar-refractivity contribution in [1.29, 1.82) is 0 Å². The minimum atomic E-state index is -4.73. The quantitative estimate of drug-likeness (QED) is 0.583. The molecule has 12 heteroatoms. The summed E-state index contributed by atoms with van der Waals surface area (Å²) in [7, 11) is -3.98. The molecule has 2 aliphatic heterocycles. The zero-order valence-electron chi connectivity index (χ0n) is 21.8. The van der Waals surface area contributed by atoms with Gasteiger partial charge < -0.3 is 9.80 Å². The molecule has 3 heterocycles. The topological polar surface area (TPSA) is 99.3 Å². The number of nitrogens with one attached hydrogen (secondary N) is 1. The number of hydrogen-bond acceptors (Lipinski definition) is 5. The molecule has 5 aliphatic rings. The van der Waals surface area contributed by atoms with Crippen LogP contribution >= 0.6 is 0 Å². The van der Waals surface area contributed by atoms with Gasteiger partial charge in [0.2, 0.25) is 0 Å². The van der Waals surface area contributed by atoms with Gasteiger partial charge in [0.05, 0.1) is 10.5 Å². The van der Waals surface area contributed by atoms with Gasteiger partial charge in [-0.3, -0.25) is 5.10 Å². The molecule has 39 heavy (non-hydrogen) atoms. The summed E-state index contributed by atoms with van der Waals surface area (Å²) >= 11 is 0. The predicted octanol–water partition coefficient (Wildman–Crippen LogP) is 4.36. The number of carbonyl (C=O) groups is 1. The summed E-state index contributed by atoms with van der Waals surface area (Å²) in [5.74, 6) is 3.15. The predicted molar refractivity (Wildman–Crippen MR) is 135 cm³/mol. The Morgan fingerprint density at radius 2 is 1.64 bits per heavy atom. The molecule has 2 aromatic rings. The van der Waals surface area contributed by atoms with Crippen molar-refractivity contribution in [2.24, 2.45) is 16.7 Å². The fraction of sp³-hybridized carbons (Fsp3) is 0.667. The Morgan fingerprint density at radius 1 is 1.03 bits per heavy atom. The molecule has 5 fully saturated rings. The highest BCUT2D eigenvalue weighted by atomic mass is 32.2. The summed E-state index contributed by atoms with van der Waals surface area (Å²) in [6.07, 6.45) is 2.75. The zero-order chi connectivity index (χ0) is 27.4. The van der Waals surface area contributed by atoms with E-state index in [-0.39, 0.29) is 22.8 Å². The van der Waals surface area contributed by atoms with Crippen LogP contribution in [0.5, 0.6) is 0 Å². The molecule has 1 aromatic heterocycles. The van der Waals surface area contributed by atoms with Crippen molar-refractivity contribution >= 4 is 15.9 Å². The number of sulfone groups is 1. The molecule has 0 unspecified atom stereocenters. The smallest absolute Gasteiger partial charge is 0.323 e. The molecule has 3 aliphatic carbocycles. The Kier molecular flexibility index (Phi) is 5.33. The van der Waals surface area contributed by atoms with Crippen molar-refractivity contribution in [2.45, 2.75) is 67.9 Å². The maximum absolute atomic E-state index is 13.5. The summed E-state index contributed by atoms with van der Waals surface area (Å²) in [6, 6.07) is 3.65. The molecule has 1 N–H and O–H groups in total. The largest absolute Gasteiger partial charge is 0.417 e. The van der Waals surface area contributed by atoms with Gasteiger partial charge in [-0.05, 0) is 68.6 Å². The molecule has 7 rings (SSSR count). The van der Waals surface area contributed by atoms with Crippen molar-refractivity contribution in [3.63, 3.8) is 0 Å². The van der Waals surface area contributed by atoms with Gasteiger partial charge in [-0.2, -0.15) is 18.3 Å². The van der Waals surface area contributed by atoms with Crippen LogP contribution in [-0.4, -0.2) is 71.9 Å². The van der Waals surface area contributed by atoms with E-state index >= 15 is 0 Å². The van der Waals surface area contributed by atoms with E-state index in [1.54, 1.807) is 0 Å². The van der Waals surface area contributed by atoms with Crippen LogP contribution in [0, 0.1) is 16.7 Å². The number of benzene rings is 1. The average molecular weight is 564 g/mol. The second kappa shape index (κ2) is 8.20. The van der Waals surface area contributed by atoms with Crippen LogP contribution in [0.25, 0.3) is 0 Å². The molecule has 8 nitrogen and oxygen atoms in total. The fourth-order valence-corrected chi connectivity index (χ4v) is 8.47. The van der Waals surface area contributed by atoms with Crippen molar-refractivity contribution in [3.8, 4) is 0 Å². The summed E-state index contributed by atoms with van der Waals surface area (Å²) in [4.78, 5) is 20.8. The number of likely N-dealkylation sites (tertiary alicyclic amines) is 2. The molecule has 2 saturated heterocycles. The van der Waals surface area contributed by atoms with Crippen molar-refractivity contribution in [1.82, 2.24) is 25.0 Å². The van der Waals surface area contributed by atoms with Crippen LogP contribution in [0.4, 0.5) is 18.0 Å². The Morgan fingerprint density at radius 3 is 2.21 bits per heavy atom. The van der Waals surface area contributed by atoms with Gasteiger partial charge in [-0.25, -0.2) is 18.2 Å². The third-order valence-corrected chi connectivity index (χ3v) is 10.7. The van der Waals surface area contributed by atoms with Gasteiger partial charge in [-0.1, -0.05) is 6.07 Å². The van der Waals surface area contributed by atoms with E-state index in [0.29, 0.717) is 36.9 Å². The minimum Gasteiger partial charge on any atom is -0.323 e. The first-order valence-corrected chi connectivity index (χ1v) is 15.6. The lowest BCUT2D eigenvalue weighted by atomic mass is 9.56. The van der Waals surface area contributed by atoms with E-state index in [9.17, 15) is 26.4 Å². The highest BCUT2D eigenvalue weighted by Crippen LogP contribution is 2.57. The van der Waals surface area contributed by atoms with Crippen molar-refractivity contribution in [2.75, 3.05) is 32.4 Å². The molecule has 1 aromatic carbocycles. The number of alkyl halides is 3. The number of carbonyl (C=O) groups excluding carboxylic acids is 1. The highest BCUT2D eigenvalue weighted by Gasteiger charge is 2.58. The van der Waals surface area contributed by atoms with E-state index in [0.717, 1.165) is 68.8 Å². The minimum absolute atomic E-state index is 0.0783. The Bertz CT molecular complexity index is 1420. The lowest BCUT2D eigenvalue weighted by Crippen LogP contribution is -2.70. The lowest BCUT2D eigenvalue weighted by molar-refractivity contribution is -0.140. The summed E-state index contributed by atoms with van der Waals surface area (Å²) in [6.45, 7) is 2.99. The van der Waals surface area contributed by atoms with Crippen LogP contribution in [0.2, 0.25) is 0 Å². The molecule has 2 spiro atoms. The first kappa shape index (κ1) is 25.3. The van der Waals surface area contributed by atoms with E-state index < -0.39 is 26.5 Å². The number of hydrogen-bond donors (Lipinski definition) is 1. The first-order valence-electron chi connectivity index (χ1n) is 13.7. The number of aromatic nitrogens is 3. The molecule has 0 atom stereocenters. The number of halogens is 3. The molecule has 0 radical (unpaired) electrons. The summed E-state index contributed by atoms with van der Waals surface area (Å²) in [5.41, 5.74) is -0.298. The average Bonchev–Trinajstić information content (AvgIpc) is 3.48. The third kappa shape index (κ3) is 4.42. The maximum atomic E-state index is 13.5. The van der Waals surface area contributed by atoms with Gasteiger partial charge in [-0.15, -0.1) is 0 Å². The zero-order valence-corrected chi connectivity index (χ0v) is 22.6. The van der Waals surface area contributed by atoms with Gasteiger partial charge in [0.15, 0.2) is 15.7 Å². The number of rotatable bonds is 5. The standard InChI is InChI=1S/C27H32F3N5O3S/c1-39(37,38)21-5-2-16(7-20(21)27(28,29)30)6-17-8-25(9-17)12-34(13-25)24(36)35-14-26(15-35)10-19(11-26)23-31-22(32-33-23)18-3-4-18/h2,5,7,17-19H,3-4,6,8-15H2,1H3,(H,31,32,33). The molecule has 210 valence electrons. The number of H-pyrrole nitrogens is 1. The van der Waals surface area contributed by atoms with E-state index in [4.69, 9.17) is 0 Å². The number of nitrogens with zero attached hydrogens (tertiary/aromatic N) is 4. The van der Waals surface area contributed by atoms with E-state index in [2.05, 4.69) is 15.2 Å². The van der Waals surface area contributed by atoms with Gasteiger partial charge in [0.1, 0.15) is 5.82 Å². The van der Waals surface area contributed by atoms with Crippen LogP contribution in [0.3, 0.4) is 0 Å². The monoisotopic (exact) mass is 563 g/mol. The normalized spacial score (nSPS) is 24.3. The highest BCUT2D eigenvalue weighted by molar-refractivity contribution is 7.90. The van der Waals surface area contributed by atoms with Gasteiger partial charge >= 0.3 is 12.2 Å². The van der Waals surface area contributed by atoms with Crippen molar-refractivity contribution in [3.05, 3.63) is 41.0 Å². The molecule has 3 saturated carbocycles. The maximum Gasteiger partial charge on any atom is 0.417 e. The number of urea groups is 1. The van der Waals surface area contributed by atoms with Gasteiger partial charge in [0.25, 0.3) is 0 Å². The summed E-state index contributed by atoms with van der Waals surface area (Å²) < 4.78 is 64.1. The van der Waals surface area contributed by atoms with Crippen LogP contribution < -0.4 is 0 Å². The number of aromatic amines is 1. The molecule has 0 bridgehead atoms. The van der Waals surface area contributed by atoms with E-state index in [1.165, 1.54) is 18.9 Å². The molecule has 2 amide bonds. The molecular weight excluding hydrogens is 531 g/mol. The summed E-state index contributed by atoms with van der Waals surface area (Å²) in [5, 5.41) is 7.51. The second-order valence-electron chi connectivity index (χ2n) is 13.0. The molecular formula is C27H32F3N5O3S. The van der Waals surface area contributed by atoms with Crippen molar-refractivity contribution < 1.29 is 26.4 Å². The van der Waals surface area contributed by atoms with Crippen LogP contribution in [0.15, 0.2) is 23.1 Å². The number of amides is 2. The Balaban J connectivity index is 0.872. The lowest BCUT2D eigenvalue weighted by Gasteiger charge is -2.63. The van der Waals surface area contributed by atoms with Crippen LogP contribution in [0.1, 0.15) is 73.1 Å².